The Labute approximate surface area is 97.7 Å². The second-order valence-corrected chi connectivity index (χ2v) is 3.53. The Bertz CT molecular complexity index is 631. The third-order valence-electron chi connectivity index (χ3n) is 2.39. The molecule has 2 heterocycles. The first kappa shape index (κ1) is 11.3. The molecule has 0 spiro atoms. The predicted octanol–water partition coefficient (Wildman–Crippen LogP) is 1.18. The molecule has 17 heavy (non-hydrogen) atoms. The lowest BCUT2D eigenvalue weighted by Gasteiger charge is -2.06. The van der Waals surface area contributed by atoms with E-state index in [1.54, 1.807) is 38.2 Å². The molecule has 5 heteroatoms. The molecule has 0 fully saturated rings. The molecule has 0 aromatic carbocycles. The average Bonchev–Trinajstić information content (AvgIpc) is 2.29. The molecule has 0 aliphatic heterocycles. The van der Waals surface area contributed by atoms with E-state index in [1.807, 2.05) is 0 Å². The molecule has 0 amide bonds. The van der Waals surface area contributed by atoms with E-state index in [2.05, 4.69) is 4.98 Å². The van der Waals surface area contributed by atoms with Crippen LogP contribution in [0.2, 0.25) is 0 Å². The zero-order valence-corrected chi connectivity index (χ0v) is 9.64. The Morgan fingerprint density at radius 3 is 2.94 bits per heavy atom. The van der Waals surface area contributed by atoms with Gasteiger partial charge in [0.15, 0.2) is 0 Å². The number of fused-ring (bicyclic) bond motifs is 1. The molecule has 0 aliphatic rings. The fourth-order valence-corrected chi connectivity index (χ4v) is 1.64. The van der Waals surface area contributed by atoms with Crippen LogP contribution in [0.25, 0.3) is 5.65 Å². The van der Waals surface area contributed by atoms with Crippen LogP contribution in [-0.4, -0.2) is 22.0 Å². The van der Waals surface area contributed by atoms with E-state index in [0.717, 1.165) is 0 Å². The van der Waals surface area contributed by atoms with E-state index in [4.69, 9.17) is 4.74 Å². The molecule has 2 rings (SSSR count). The maximum atomic E-state index is 12.1. The van der Waals surface area contributed by atoms with Crippen molar-refractivity contribution < 1.29 is 9.53 Å². The van der Waals surface area contributed by atoms with Gasteiger partial charge in [-0.3, -0.25) is 9.20 Å². The molecule has 0 unspecified atom stereocenters. The van der Waals surface area contributed by atoms with Crippen molar-refractivity contribution in [2.75, 3.05) is 6.61 Å². The number of nitrogens with zero attached hydrogens (tertiary/aromatic N) is 2. The lowest BCUT2D eigenvalue weighted by atomic mass is 10.2. The van der Waals surface area contributed by atoms with Crippen molar-refractivity contribution in [2.24, 2.45) is 0 Å². The Kier molecular flexibility index (Phi) is 2.91. The molecule has 2 aromatic heterocycles. The fourth-order valence-electron chi connectivity index (χ4n) is 1.64. The van der Waals surface area contributed by atoms with Gasteiger partial charge < -0.3 is 4.74 Å². The minimum Gasteiger partial charge on any atom is -0.462 e. The van der Waals surface area contributed by atoms with Crippen molar-refractivity contribution >= 4 is 11.6 Å². The van der Waals surface area contributed by atoms with Crippen molar-refractivity contribution in [3.05, 3.63) is 46.0 Å². The second kappa shape index (κ2) is 4.37. The van der Waals surface area contributed by atoms with Gasteiger partial charge in [0.05, 0.1) is 12.3 Å². The molecule has 0 bridgehead atoms. The van der Waals surface area contributed by atoms with Crippen molar-refractivity contribution in [1.29, 1.82) is 0 Å². The van der Waals surface area contributed by atoms with E-state index >= 15 is 0 Å². The summed E-state index contributed by atoms with van der Waals surface area (Å²) in [6.45, 7) is 3.55. The van der Waals surface area contributed by atoms with Gasteiger partial charge in [0.2, 0.25) is 0 Å². The van der Waals surface area contributed by atoms with Crippen molar-refractivity contribution in [3.8, 4) is 0 Å². The first-order valence-electron chi connectivity index (χ1n) is 5.30. The number of rotatable bonds is 2. The fraction of sp³-hybridized carbons (Fsp3) is 0.250. The summed E-state index contributed by atoms with van der Waals surface area (Å²) < 4.78 is 6.18. The SMILES string of the molecule is CCOC(=O)c1c(C)nc2ccccn2c1=O. The number of aryl methyl sites for hydroxylation is 1. The number of hydrogen-bond donors (Lipinski definition) is 0. The molecule has 0 radical (unpaired) electrons. The third kappa shape index (κ3) is 1.91. The quantitative estimate of drug-likeness (QED) is 0.729. The number of carbonyl (C=O) groups is 1. The highest BCUT2D eigenvalue weighted by molar-refractivity contribution is 5.90. The van der Waals surface area contributed by atoms with Crippen LogP contribution in [0.1, 0.15) is 23.0 Å². The first-order valence-corrected chi connectivity index (χ1v) is 5.30. The maximum Gasteiger partial charge on any atom is 0.345 e. The minimum absolute atomic E-state index is 0.00412. The molecular weight excluding hydrogens is 220 g/mol. The summed E-state index contributed by atoms with van der Waals surface area (Å²) in [5, 5.41) is 0. The molecular formula is C12H12N2O3. The Morgan fingerprint density at radius 1 is 1.47 bits per heavy atom. The highest BCUT2D eigenvalue weighted by Gasteiger charge is 2.17. The summed E-state index contributed by atoms with van der Waals surface area (Å²) in [5.74, 6) is -0.624. The molecule has 0 saturated heterocycles. The molecule has 0 aliphatic carbocycles. The Morgan fingerprint density at radius 2 is 2.24 bits per heavy atom. The van der Waals surface area contributed by atoms with Gasteiger partial charge in [-0.1, -0.05) is 6.07 Å². The van der Waals surface area contributed by atoms with Crippen LogP contribution >= 0.6 is 0 Å². The monoisotopic (exact) mass is 232 g/mol. The molecule has 0 saturated carbocycles. The van der Waals surface area contributed by atoms with Gasteiger partial charge in [-0.25, -0.2) is 9.78 Å². The lowest BCUT2D eigenvalue weighted by Crippen LogP contribution is -2.26. The summed E-state index contributed by atoms with van der Waals surface area (Å²) in [5.41, 5.74) is 0.504. The van der Waals surface area contributed by atoms with E-state index in [0.29, 0.717) is 11.3 Å². The molecule has 5 nitrogen and oxygen atoms in total. The molecule has 2 aromatic rings. The van der Waals surface area contributed by atoms with Gasteiger partial charge in [0.1, 0.15) is 11.2 Å². The zero-order chi connectivity index (χ0) is 12.4. The molecule has 0 atom stereocenters. The standard InChI is InChI=1S/C12H12N2O3/c1-3-17-12(16)10-8(2)13-9-6-4-5-7-14(9)11(10)15/h4-7H,3H2,1-2H3. The van der Waals surface area contributed by atoms with E-state index < -0.39 is 11.5 Å². The summed E-state index contributed by atoms with van der Waals surface area (Å²) in [7, 11) is 0. The van der Waals surface area contributed by atoms with Gasteiger partial charge >= 0.3 is 5.97 Å². The lowest BCUT2D eigenvalue weighted by molar-refractivity contribution is 0.0522. The zero-order valence-electron chi connectivity index (χ0n) is 9.64. The van der Waals surface area contributed by atoms with Crippen LogP contribution in [0.3, 0.4) is 0 Å². The summed E-state index contributed by atoms with van der Waals surface area (Å²) in [4.78, 5) is 27.9. The number of ether oxygens (including phenoxy) is 1. The van der Waals surface area contributed by atoms with E-state index in [1.165, 1.54) is 4.40 Å². The van der Waals surface area contributed by atoms with Crippen LogP contribution < -0.4 is 5.56 Å². The number of carbonyl (C=O) groups excluding carboxylic acids is 1. The number of pyridine rings is 1. The normalized spacial score (nSPS) is 10.5. The van der Waals surface area contributed by atoms with Gasteiger partial charge in [0, 0.05) is 6.20 Å². The number of esters is 1. The maximum absolute atomic E-state index is 12.1. The second-order valence-electron chi connectivity index (χ2n) is 3.53. The van der Waals surface area contributed by atoms with Gasteiger partial charge in [-0.05, 0) is 26.0 Å². The largest absolute Gasteiger partial charge is 0.462 e. The Hall–Kier alpha value is -2.17. The topological polar surface area (TPSA) is 60.7 Å². The van der Waals surface area contributed by atoms with Crippen molar-refractivity contribution in [3.63, 3.8) is 0 Å². The first-order chi connectivity index (χ1) is 8.15. The van der Waals surface area contributed by atoms with Crippen LogP contribution in [0.5, 0.6) is 0 Å². The Balaban J connectivity index is 2.72. The average molecular weight is 232 g/mol. The van der Waals surface area contributed by atoms with Crippen LogP contribution in [0.15, 0.2) is 29.2 Å². The summed E-state index contributed by atoms with van der Waals surface area (Å²) >= 11 is 0. The smallest absolute Gasteiger partial charge is 0.345 e. The van der Waals surface area contributed by atoms with E-state index in [9.17, 15) is 9.59 Å². The third-order valence-corrected chi connectivity index (χ3v) is 2.39. The molecule has 88 valence electrons. The van der Waals surface area contributed by atoms with E-state index in [-0.39, 0.29) is 12.2 Å². The highest BCUT2D eigenvalue weighted by Crippen LogP contribution is 2.05. The number of hydrogen-bond acceptors (Lipinski definition) is 4. The predicted molar refractivity (Wildman–Crippen MR) is 62.2 cm³/mol. The summed E-state index contributed by atoms with van der Waals surface area (Å²) in [6, 6.07) is 5.20. The van der Waals surface area contributed by atoms with Gasteiger partial charge in [0.25, 0.3) is 5.56 Å². The highest BCUT2D eigenvalue weighted by atomic mass is 16.5. The number of aromatic nitrogens is 2. The van der Waals surface area contributed by atoms with Gasteiger partial charge in [-0.2, -0.15) is 0 Å². The van der Waals surface area contributed by atoms with Crippen molar-refractivity contribution in [1.82, 2.24) is 9.38 Å². The summed E-state index contributed by atoms with van der Waals surface area (Å²) in [6.07, 6.45) is 1.58. The van der Waals surface area contributed by atoms with Crippen LogP contribution in [0, 0.1) is 6.92 Å². The van der Waals surface area contributed by atoms with Crippen LogP contribution in [0.4, 0.5) is 0 Å². The van der Waals surface area contributed by atoms with Gasteiger partial charge in [-0.15, -0.1) is 0 Å². The van der Waals surface area contributed by atoms with Crippen LogP contribution in [-0.2, 0) is 4.74 Å². The van der Waals surface area contributed by atoms with Crippen molar-refractivity contribution in [2.45, 2.75) is 13.8 Å². The minimum atomic E-state index is -0.624. The molecule has 0 N–H and O–H groups in total.